The fraction of sp³-hybridized carbons (Fsp3) is 0.615. The number of carboxylic acids is 1. The van der Waals surface area contributed by atoms with Crippen molar-refractivity contribution in [2.45, 2.75) is 37.4 Å². The first-order valence-corrected chi connectivity index (χ1v) is 8.04. The van der Waals surface area contributed by atoms with E-state index >= 15 is 0 Å². The van der Waals surface area contributed by atoms with Crippen LogP contribution in [0, 0.1) is 0 Å². The Bertz CT molecular complexity index is 662. The molecule has 1 aliphatic rings. The Hall–Kier alpha value is -1.38. The summed E-state index contributed by atoms with van der Waals surface area (Å²) in [4.78, 5) is 11.0. The highest BCUT2D eigenvalue weighted by Crippen LogP contribution is 2.27. The van der Waals surface area contributed by atoms with Crippen molar-refractivity contribution >= 4 is 16.0 Å². The molecular formula is C13H20N2O5S. The molecule has 21 heavy (non-hydrogen) atoms. The van der Waals surface area contributed by atoms with Gasteiger partial charge in [0, 0.05) is 26.3 Å². The number of carbonyl (C=O) groups is 1. The molecule has 1 atom stereocenters. The second-order valence-electron chi connectivity index (χ2n) is 5.96. The third-order valence-corrected chi connectivity index (χ3v) is 5.15. The lowest BCUT2D eigenvalue weighted by Gasteiger charge is -2.40. The van der Waals surface area contributed by atoms with Gasteiger partial charge in [-0.1, -0.05) is 0 Å². The van der Waals surface area contributed by atoms with Crippen LogP contribution in [-0.2, 0) is 21.8 Å². The van der Waals surface area contributed by atoms with E-state index in [1.807, 2.05) is 20.8 Å². The van der Waals surface area contributed by atoms with Gasteiger partial charge >= 0.3 is 5.97 Å². The van der Waals surface area contributed by atoms with Gasteiger partial charge in [-0.25, -0.2) is 13.2 Å². The van der Waals surface area contributed by atoms with Crippen LogP contribution < -0.4 is 0 Å². The predicted octanol–water partition coefficient (Wildman–Crippen LogP) is 0.911. The van der Waals surface area contributed by atoms with Crippen molar-refractivity contribution in [2.24, 2.45) is 7.05 Å². The molecule has 1 aliphatic heterocycles. The van der Waals surface area contributed by atoms with E-state index in [1.165, 1.54) is 28.2 Å². The molecule has 1 N–H and O–H groups in total. The molecule has 0 aliphatic carbocycles. The minimum Gasteiger partial charge on any atom is -0.477 e. The lowest BCUT2D eigenvalue weighted by Crippen LogP contribution is -2.53. The van der Waals surface area contributed by atoms with Crippen LogP contribution in [0.4, 0.5) is 0 Å². The van der Waals surface area contributed by atoms with Crippen LogP contribution in [0.1, 0.15) is 31.3 Å². The lowest BCUT2D eigenvalue weighted by molar-refractivity contribution is -0.109. The SMILES string of the molecule is CC1CN(S(=O)(=O)c2cc(C(=O)O)n(C)c2)CC(C)(C)O1. The van der Waals surface area contributed by atoms with Crippen molar-refractivity contribution in [1.82, 2.24) is 8.87 Å². The molecule has 1 aromatic heterocycles. The molecule has 118 valence electrons. The van der Waals surface area contributed by atoms with Crippen molar-refractivity contribution in [3.05, 3.63) is 18.0 Å². The fourth-order valence-corrected chi connectivity index (χ4v) is 4.35. The fourth-order valence-electron chi connectivity index (χ4n) is 2.62. The molecule has 0 bridgehead atoms. The summed E-state index contributed by atoms with van der Waals surface area (Å²) in [6.07, 6.45) is 1.11. The molecule has 2 rings (SSSR count). The van der Waals surface area contributed by atoms with Gasteiger partial charge in [0.25, 0.3) is 0 Å². The molecule has 7 nitrogen and oxygen atoms in total. The normalized spacial score (nSPS) is 23.1. The van der Waals surface area contributed by atoms with E-state index in [2.05, 4.69) is 0 Å². The number of nitrogens with zero attached hydrogens (tertiary/aromatic N) is 2. The highest BCUT2D eigenvalue weighted by Gasteiger charge is 2.38. The van der Waals surface area contributed by atoms with Gasteiger partial charge in [0.2, 0.25) is 10.0 Å². The Morgan fingerprint density at radius 3 is 2.57 bits per heavy atom. The molecule has 0 saturated carbocycles. The Balaban J connectivity index is 2.38. The van der Waals surface area contributed by atoms with E-state index in [-0.39, 0.29) is 29.8 Å². The average molecular weight is 316 g/mol. The van der Waals surface area contributed by atoms with Crippen molar-refractivity contribution in [3.63, 3.8) is 0 Å². The Labute approximate surface area is 124 Å². The van der Waals surface area contributed by atoms with Crippen LogP contribution in [0.3, 0.4) is 0 Å². The van der Waals surface area contributed by atoms with E-state index in [4.69, 9.17) is 9.84 Å². The molecule has 1 unspecified atom stereocenters. The highest BCUT2D eigenvalue weighted by molar-refractivity contribution is 7.89. The number of hydrogen-bond acceptors (Lipinski definition) is 4. The lowest BCUT2D eigenvalue weighted by atomic mass is 10.1. The van der Waals surface area contributed by atoms with Crippen LogP contribution in [0.5, 0.6) is 0 Å². The Morgan fingerprint density at radius 1 is 1.48 bits per heavy atom. The summed E-state index contributed by atoms with van der Waals surface area (Å²) >= 11 is 0. The molecule has 0 spiro atoms. The molecule has 0 radical (unpaired) electrons. The quantitative estimate of drug-likeness (QED) is 0.895. The van der Waals surface area contributed by atoms with Gasteiger partial charge in [-0.05, 0) is 26.8 Å². The van der Waals surface area contributed by atoms with Gasteiger partial charge in [-0.3, -0.25) is 0 Å². The number of sulfonamides is 1. The molecule has 1 saturated heterocycles. The summed E-state index contributed by atoms with van der Waals surface area (Å²) in [6, 6.07) is 1.19. The standard InChI is InChI=1S/C13H20N2O5S/c1-9-6-15(8-13(2,3)20-9)21(18,19)10-5-11(12(16)17)14(4)7-10/h5,7,9H,6,8H2,1-4H3,(H,16,17). The summed E-state index contributed by atoms with van der Waals surface area (Å²) in [7, 11) is -2.22. The van der Waals surface area contributed by atoms with Gasteiger partial charge in [0.1, 0.15) is 10.6 Å². The van der Waals surface area contributed by atoms with E-state index < -0.39 is 21.6 Å². The van der Waals surface area contributed by atoms with Crippen molar-refractivity contribution < 1.29 is 23.1 Å². The van der Waals surface area contributed by atoms with Gasteiger partial charge in [-0.2, -0.15) is 4.31 Å². The minimum absolute atomic E-state index is 0.00713. The molecule has 0 aromatic carbocycles. The first-order chi connectivity index (χ1) is 9.53. The molecule has 0 amide bonds. The summed E-state index contributed by atoms with van der Waals surface area (Å²) in [6.45, 7) is 5.97. The zero-order chi connectivity index (χ0) is 16.0. The smallest absolute Gasteiger partial charge is 0.352 e. The maximum atomic E-state index is 12.7. The highest BCUT2D eigenvalue weighted by atomic mass is 32.2. The number of aromatic carboxylic acids is 1. The Kier molecular flexibility index (Phi) is 3.90. The number of carboxylic acid groups (broad SMARTS) is 1. The topological polar surface area (TPSA) is 88.8 Å². The van der Waals surface area contributed by atoms with E-state index in [0.717, 1.165) is 0 Å². The second kappa shape index (κ2) is 5.11. The van der Waals surface area contributed by atoms with Crippen molar-refractivity contribution in [3.8, 4) is 0 Å². The van der Waals surface area contributed by atoms with Crippen molar-refractivity contribution in [1.29, 1.82) is 0 Å². The molecule has 1 aromatic rings. The molecule has 8 heteroatoms. The first-order valence-electron chi connectivity index (χ1n) is 6.60. The average Bonchev–Trinajstić information content (AvgIpc) is 2.69. The predicted molar refractivity (Wildman–Crippen MR) is 75.8 cm³/mol. The summed E-state index contributed by atoms with van der Waals surface area (Å²) in [5.41, 5.74) is -0.635. The summed E-state index contributed by atoms with van der Waals surface area (Å²) in [5.74, 6) is -1.16. The third-order valence-electron chi connectivity index (χ3n) is 3.37. The maximum absolute atomic E-state index is 12.7. The second-order valence-corrected chi connectivity index (χ2v) is 7.90. The zero-order valence-corrected chi connectivity index (χ0v) is 13.3. The van der Waals surface area contributed by atoms with Gasteiger partial charge in [0.05, 0.1) is 11.7 Å². The van der Waals surface area contributed by atoms with Crippen molar-refractivity contribution in [2.75, 3.05) is 13.1 Å². The monoisotopic (exact) mass is 316 g/mol. The first kappa shape index (κ1) is 16.0. The molecular weight excluding hydrogens is 296 g/mol. The van der Waals surface area contributed by atoms with Gasteiger partial charge < -0.3 is 14.4 Å². The summed E-state index contributed by atoms with van der Waals surface area (Å²) < 4.78 is 33.7. The zero-order valence-electron chi connectivity index (χ0n) is 12.5. The van der Waals surface area contributed by atoms with Crippen LogP contribution in [0.25, 0.3) is 0 Å². The van der Waals surface area contributed by atoms with Crippen LogP contribution >= 0.6 is 0 Å². The van der Waals surface area contributed by atoms with Crippen LogP contribution in [0.15, 0.2) is 17.2 Å². The molecule has 1 fully saturated rings. The summed E-state index contributed by atoms with van der Waals surface area (Å²) in [5, 5.41) is 9.03. The van der Waals surface area contributed by atoms with Crippen LogP contribution in [0.2, 0.25) is 0 Å². The third kappa shape index (κ3) is 3.12. The minimum atomic E-state index is -3.73. The number of morpholine rings is 1. The number of aryl methyl sites for hydroxylation is 1. The van der Waals surface area contributed by atoms with E-state index in [0.29, 0.717) is 0 Å². The number of aromatic nitrogens is 1. The number of rotatable bonds is 3. The molecule has 2 heterocycles. The van der Waals surface area contributed by atoms with E-state index in [1.54, 1.807) is 0 Å². The van der Waals surface area contributed by atoms with E-state index in [9.17, 15) is 13.2 Å². The van der Waals surface area contributed by atoms with Crippen LogP contribution in [-0.4, -0.2) is 53.2 Å². The largest absolute Gasteiger partial charge is 0.477 e. The van der Waals surface area contributed by atoms with Gasteiger partial charge in [-0.15, -0.1) is 0 Å². The maximum Gasteiger partial charge on any atom is 0.352 e. The number of ether oxygens (including phenoxy) is 1. The number of hydrogen-bond donors (Lipinski definition) is 1. The Morgan fingerprint density at radius 2 is 2.10 bits per heavy atom. The van der Waals surface area contributed by atoms with Gasteiger partial charge in [0.15, 0.2) is 0 Å².